The molecular weight excluding hydrogens is 1250 g/mol. The maximum Gasteiger partial charge on any atom is 0.376 e. The third kappa shape index (κ3) is 19.2. The van der Waals surface area contributed by atoms with Crippen molar-refractivity contribution in [3.63, 3.8) is 0 Å². The lowest BCUT2D eigenvalue weighted by Crippen LogP contribution is -2.45. The van der Waals surface area contributed by atoms with Gasteiger partial charge < -0.3 is 36.8 Å². The van der Waals surface area contributed by atoms with Crippen molar-refractivity contribution in [3.05, 3.63) is 185 Å². The highest BCUT2D eigenvalue weighted by molar-refractivity contribution is 6.32. The molecule has 0 spiro atoms. The molecule has 18 rings (SSSR count). The molecule has 1 radical (unpaired) electrons. The Kier molecular flexibility index (Phi) is 25.0. The number of hydrogen-bond donors (Lipinski definition) is 9. The Bertz CT molecular complexity index is 3870. The second kappa shape index (κ2) is 34.7. The number of tetrazole rings is 3. The Balaban J connectivity index is 0.000000138. The molecule has 0 unspecified atom stereocenters. The number of aromatic nitrogens is 12. The molecule has 22 nitrogen and oxygen atoms in total. The molecule has 8 bridgehead atoms. The zero-order chi connectivity index (χ0) is 68.4. The lowest BCUT2D eigenvalue weighted by molar-refractivity contribution is -0.118. The van der Waals surface area contributed by atoms with E-state index in [2.05, 4.69) is 181 Å². The fourth-order valence-electron chi connectivity index (χ4n) is 17.9. The zero-order valence-corrected chi connectivity index (χ0v) is 57.2. The highest BCUT2D eigenvalue weighted by Gasteiger charge is 2.51. The summed E-state index contributed by atoms with van der Waals surface area (Å²) in [7, 11) is 1.69. The molecule has 11 aliphatic carbocycles. The lowest BCUT2D eigenvalue weighted by Gasteiger charge is -2.55. The van der Waals surface area contributed by atoms with E-state index < -0.39 is 0 Å². The van der Waals surface area contributed by atoms with Crippen LogP contribution in [0.4, 0.5) is 17.8 Å². The van der Waals surface area contributed by atoms with Crippen molar-refractivity contribution in [2.24, 2.45) is 52.1 Å². The van der Waals surface area contributed by atoms with Crippen LogP contribution in [0.15, 0.2) is 146 Å². The summed E-state index contributed by atoms with van der Waals surface area (Å²) in [5.74, 6) is 6.72. The number of nitrogens with two attached hydrogens (primary N) is 1. The van der Waals surface area contributed by atoms with Crippen LogP contribution in [0.1, 0.15) is 157 Å². The predicted molar refractivity (Wildman–Crippen MR) is 394 cm³/mol. The minimum Gasteiger partial charge on any atom is -0.555 e. The normalized spacial score (nSPS) is 24.0. The average molecular weight is 1350 g/mol. The second-order valence-corrected chi connectivity index (χ2v) is 28.6. The van der Waals surface area contributed by atoms with Gasteiger partial charge in [0, 0.05) is 25.7 Å². The van der Waals surface area contributed by atoms with Crippen molar-refractivity contribution >= 4 is 60.1 Å². The summed E-state index contributed by atoms with van der Waals surface area (Å²) in [6.45, 7) is 5.98. The third-order valence-electron chi connectivity index (χ3n) is 21.3. The standard InChI is InChI=1S/C26H32N6O.C21H22BN6O.C14H20O2.C13H16N6.C2H6.CH4/c33-24(7-8-26-13-17-9-18(14-26)11-19(10-17)15-26)28-22(16-27-25-29-31-32-30-25)12-21-6-5-20-3-1-2-4-23(20)21;23-15-29-22-19(12-18-11-10-17-8-4-5-9-20(17)18)13-24-21-25-27-28(26-21)14-16-6-2-1-3-7-16;15-9-13(16)1-2-14-6-10-3-11(7-14)5-12(4-10)8-14;14-11(8-15-13-16-18-19-17-13)7-10-6-5-9-3-1-2-4-12(9)10;1-2;/h1-4,6-8,17-19,22H,5,9-16H2,(H,28,33)(H2,27,29,30,31,32);1-9,11,15,19,23H,10,12-14H2,(H,24,26);1-2,10-12,15H,3-9H2;1-4,6,11H,5,7-8,14H2,(H2,15,16,17,18,19);1-2H3;1H4/b8-7+;;2-1+;;;/t17?,18?,19?,22-,26?;19-;;11-;;/m00.0../s1. The summed E-state index contributed by atoms with van der Waals surface area (Å²) in [5, 5.41) is 68.8. The SMILES string of the molecule is C.CC.N=CO[B][C@H](CNc1nnn(Cc2ccccc2)n1)CC1=CCc2ccccc21.N[C@H](CNc1nn[nH]n1)CC1=CCc2ccccc21.O=C(/C=C/C12CC3CC(CC(C3)C1)C2)CO.O=C(/C=C/C12CC3CC(CC(C3)C1)C2)N[C@H](CNc1nn[nH]n1)CC1=CCc2ccccc21. The Morgan fingerprint density at radius 2 is 1.08 bits per heavy atom. The molecule has 4 aromatic carbocycles. The van der Waals surface area contributed by atoms with Crippen LogP contribution in [0.3, 0.4) is 0 Å². The molecule has 100 heavy (non-hydrogen) atoms. The van der Waals surface area contributed by atoms with E-state index in [1.807, 2.05) is 50.3 Å². The lowest BCUT2D eigenvalue weighted by atomic mass is 9.49. The second-order valence-electron chi connectivity index (χ2n) is 28.6. The van der Waals surface area contributed by atoms with Crippen molar-refractivity contribution in [1.29, 1.82) is 5.41 Å². The number of benzene rings is 4. The van der Waals surface area contributed by atoms with Gasteiger partial charge in [0.05, 0.1) is 12.6 Å². The quantitative estimate of drug-likeness (QED) is 0.0105. The van der Waals surface area contributed by atoms with Gasteiger partial charge in [0.25, 0.3) is 17.8 Å². The van der Waals surface area contributed by atoms with Crippen molar-refractivity contribution in [1.82, 2.24) is 66.8 Å². The number of aliphatic hydroxyl groups excluding tert-OH is 1. The minimum atomic E-state index is -0.344. The Morgan fingerprint density at radius 1 is 0.620 bits per heavy atom. The molecule has 10 N–H and O–H groups in total. The molecule has 23 heteroatoms. The number of carbonyl (C=O) groups excluding carboxylic acids is 2. The molecule has 3 heterocycles. The van der Waals surface area contributed by atoms with Crippen molar-refractivity contribution in [2.75, 3.05) is 42.2 Å². The van der Waals surface area contributed by atoms with Gasteiger partial charge in [-0.25, -0.2) is 0 Å². The van der Waals surface area contributed by atoms with E-state index in [-0.39, 0.29) is 49.0 Å². The third-order valence-corrected chi connectivity index (χ3v) is 21.3. The molecular formula is C77H100BN18O4. The number of nitrogens with one attached hydrogen (secondary N) is 7. The van der Waals surface area contributed by atoms with Gasteiger partial charge >= 0.3 is 7.48 Å². The maximum atomic E-state index is 13.0. The highest BCUT2D eigenvalue weighted by atomic mass is 16.4. The molecule has 8 saturated carbocycles. The number of carbonyl (C=O) groups is 2. The van der Waals surface area contributed by atoms with Crippen LogP contribution in [0.2, 0.25) is 5.82 Å². The number of aliphatic hydroxyl groups is 1. The Hall–Kier alpha value is -9.22. The van der Waals surface area contributed by atoms with Crippen molar-refractivity contribution in [3.8, 4) is 0 Å². The molecule has 3 atom stereocenters. The smallest absolute Gasteiger partial charge is 0.376 e. The number of ketones is 1. The van der Waals surface area contributed by atoms with Crippen LogP contribution in [0, 0.1) is 51.7 Å². The number of anilines is 3. The van der Waals surface area contributed by atoms with Gasteiger partial charge in [0.15, 0.2) is 5.78 Å². The number of aromatic amines is 2. The van der Waals surface area contributed by atoms with Crippen LogP contribution in [0.5, 0.6) is 0 Å². The topological polar surface area (TPSA) is 314 Å². The first kappa shape index (κ1) is 72.0. The molecule has 1 amide bonds. The first-order chi connectivity index (χ1) is 48.5. The summed E-state index contributed by atoms with van der Waals surface area (Å²) < 4.78 is 5.15. The first-order valence-electron chi connectivity index (χ1n) is 35.9. The van der Waals surface area contributed by atoms with Crippen LogP contribution in [-0.2, 0) is 40.1 Å². The average Bonchev–Trinajstić information content (AvgIpc) is 1.26. The van der Waals surface area contributed by atoms with E-state index in [4.69, 9.17) is 20.9 Å². The largest absolute Gasteiger partial charge is 0.555 e. The number of nitrogens with zero attached hydrogens (tertiary/aromatic N) is 10. The van der Waals surface area contributed by atoms with Gasteiger partial charge in [-0.2, -0.15) is 15.2 Å². The molecule has 8 fully saturated rings. The van der Waals surface area contributed by atoms with E-state index in [1.54, 1.807) is 18.4 Å². The van der Waals surface area contributed by atoms with E-state index in [9.17, 15) is 9.59 Å². The molecule has 3 aromatic heterocycles. The zero-order valence-electron chi connectivity index (χ0n) is 57.2. The number of hydrogen-bond acceptors (Lipinski definition) is 18. The highest BCUT2D eigenvalue weighted by Crippen LogP contribution is 2.62. The van der Waals surface area contributed by atoms with Crippen molar-refractivity contribution in [2.45, 2.75) is 161 Å². The van der Waals surface area contributed by atoms with Gasteiger partial charge in [-0.3, -0.25) is 15.0 Å². The van der Waals surface area contributed by atoms with Crippen molar-refractivity contribution < 1.29 is 19.3 Å². The number of rotatable bonds is 26. The minimum absolute atomic E-state index is 0. The van der Waals surface area contributed by atoms with Crippen LogP contribution in [0.25, 0.3) is 16.7 Å². The van der Waals surface area contributed by atoms with Crippen LogP contribution in [-0.4, -0.2) is 130 Å². The van der Waals surface area contributed by atoms with E-state index in [0.717, 1.165) is 86.0 Å². The van der Waals surface area contributed by atoms with E-state index >= 15 is 0 Å². The predicted octanol–water partition coefficient (Wildman–Crippen LogP) is 12.0. The van der Waals surface area contributed by atoms with E-state index in [0.29, 0.717) is 49.4 Å². The summed E-state index contributed by atoms with van der Waals surface area (Å²) in [4.78, 5) is 25.8. The summed E-state index contributed by atoms with van der Waals surface area (Å²) in [6.07, 6.45) is 37.2. The number of H-pyrrole nitrogens is 2. The number of allylic oxidation sites excluding steroid dienone is 6. The van der Waals surface area contributed by atoms with Gasteiger partial charge in [-0.1, -0.05) is 170 Å². The summed E-state index contributed by atoms with van der Waals surface area (Å²) in [5.41, 5.74) is 19.8. The van der Waals surface area contributed by atoms with Crippen LogP contribution >= 0.6 is 0 Å². The Labute approximate surface area is 589 Å². The fourth-order valence-corrected chi connectivity index (χ4v) is 17.9. The van der Waals surface area contributed by atoms with Gasteiger partial charge in [0.1, 0.15) is 13.0 Å². The maximum absolute atomic E-state index is 13.0. The van der Waals surface area contributed by atoms with E-state index in [1.165, 1.54) is 127 Å². The molecule has 0 saturated heterocycles. The molecule has 525 valence electrons. The van der Waals surface area contributed by atoms with Gasteiger partial charge in [-0.15, -0.1) is 15.3 Å². The summed E-state index contributed by atoms with van der Waals surface area (Å²) >= 11 is 0. The number of amides is 1. The summed E-state index contributed by atoms with van der Waals surface area (Å²) in [6, 6.07) is 35.4. The molecule has 11 aliphatic rings. The monoisotopic (exact) mass is 1350 g/mol. The molecule has 0 aliphatic heterocycles. The van der Waals surface area contributed by atoms with Gasteiger partial charge in [-0.05, 0) is 251 Å². The number of fused-ring (bicyclic) bond motifs is 3. The Morgan fingerprint density at radius 3 is 1.57 bits per heavy atom. The van der Waals surface area contributed by atoms with Gasteiger partial charge in [0.2, 0.25) is 5.91 Å². The van der Waals surface area contributed by atoms with Crippen LogP contribution < -0.4 is 27.0 Å². The fraction of sp³-hybridized carbons (Fsp3) is 0.481. The first-order valence-corrected chi connectivity index (χ1v) is 35.9. The molecule has 7 aromatic rings.